The van der Waals surface area contributed by atoms with Crippen molar-refractivity contribution in [1.29, 1.82) is 0 Å². The highest BCUT2D eigenvalue weighted by atomic mass is 32.2. The van der Waals surface area contributed by atoms with Crippen LogP contribution < -0.4 is 4.74 Å². The molecule has 2 heterocycles. The highest BCUT2D eigenvalue weighted by molar-refractivity contribution is 7.99. The summed E-state index contributed by atoms with van der Waals surface area (Å²) in [6.45, 7) is 8.67. The number of carbonyl (C=O) groups excluding carboxylic acids is 1. The standard InChI is InChI=1S/C21H24FN3O3S/c1-5-10-25-13(2)11-16(14(25)3)18(26)12-29-21-24-23-20(28-21)15(4)27-19-9-7-6-8-17(19)22/h6-9,11,15H,5,10,12H2,1-4H3/t15-/m0/s1. The maximum absolute atomic E-state index is 13.7. The second-order valence-electron chi connectivity index (χ2n) is 6.75. The Labute approximate surface area is 173 Å². The van der Waals surface area contributed by atoms with Crippen LogP contribution in [0.3, 0.4) is 0 Å². The fourth-order valence-corrected chi connectivity index (χ4v) is 3.73. The van der Waals surface area contributed by atoms with Crippen LogP contribution >= 0.6 is 11.8 Å². The van der Waals surface area contributed by atoms with Crippen LogP contribution in [0.2, 0.25) is 0 Å². The van der Waals surface area contributed by atoms with Crippen LogP contribution in [0, 0.1) is 19.7 Å². The minimum atomic E-state index is -0.613. The molecule has 0 bridgehead atoms. The molecule has 1 atom stereocenters. The van der Waals surface area contributed by atoms with Gasteiger partial charge in [-0.3, -0.25) is 4.79 Å². The van der Waals surface area contributed by atoms with E-state index < -0.39 is 11.9 Å². The van der Waals surface area contributed by atoms with Gasteiger partial charge in [-0.1, -0.05) is 30.8 Å². The molecule has 0 N–H and O–H groups in total. The molecule has 3 aromatic rings. The first-order chi connectivity index (χ1) is 13.9. The highest BCUT2D eigenvalue weighted by Gasteiger charge is 2.20. The first-order valence-electron chi connectivity index (χ1n) is 9.48. The van der Waals surface area contributed by atoms with E-state index in [1.807, 2.05) is 19.9 Å². The Bertz CT molecular complexity index is 999. The third-order valence-corrected chi connectivity index (χ3v) is 5.38. The van der Waals surface area contributed by atoms with Crippen LogP contribution in [0.5, 0.6) is 5.75 Å². The summed E-state index contributed by atoms with van der Waals surface area (Å²) in [5.74, 6) is 0.0931. The van der Waals surface area contributed by atoms with Crippen molar-refractivity contribution in [2.75, 3.05) is 5.75 Å². The lowest BCUT2D eigenvalue weighted by Crippen LogP contribution is -2.06. The number of aryl methyl sites for hydroxylation is 1. The number of benzene rings is 1. The summed E-state index contributed by atoms with van der Waals surface area (Å²) in [6.07, 6.45) is 0.397. The van der Waals surface area contributed by atoms with Gasteiger partial charge in [0.25, 0.3) is 11.1 Å². The zero-order valence-corrected chi connectivity index (χ0v) is 17.8. The molecule has 0 fully saturated rings. The normalized spacial score (nSPS) is 12.2. The van der Waals surface area contributed by atoms with Crippen molar-refractivity contribution in [3.63, 3.8) is 0 Å². The van der Waals surface area contributed by atoms with Crippen molar-refractivity contribution in [2.24, 2.45) is 0 Å². The number of rotatable bonds is 9. The second-order valence-corrected chi connectivity index (χ2v) is 7.67. The molecule has 0 amide bonds. The topological polar surface area (TPSA) is 70.2 Å². The van der Waals surface area contributed by atoms with Gasteiger partial charge in [-0.15, -0.1) is 10.2 Å². The number of hydrogen-bond donors (Lipinski definition) is 0. The fraction of sp³-hybridized carbons (Fsp3) is 0.381. The number of aromatic nitrogens is 3. The minimum absolute atomic E-state index is 0.0147. The van der Waals surface area contributed by atoms with Gasteiger partial charge in [0.15, 0.2) is 23.5 Å². The molecule has 3 rings (SSSR count). The van der Waals surface area contributed by atoms with E-state index in [-0.39, 0.29) is 28.4 Å². The second kappa shape index (κ2) is 9.26. The molecule has 0 unspecified atom stereocenters. The summed E-state index contributed by atoms with van der Waals surface area (Å²) < 4.78 is 27.0. The summed E-state index contributed by atoms with van der Waals surface area (Å²) in [6, 6.07) is 8.05. The Morgan fingerprint density at radius 3 is 2.79 bits per heavy atom. The molecule has 6 nitrogen and oxygen atoms in total. The fourth-order valence-electron chi connectivity index (χ4n) is 3.08. The lowest BCUT2D eigenvalue weighted by molar-refractivity contribution is 0.102. The summed E-state index contributed by atoms with van der Waals surface area (Å²) >= 11 is 1.18. The Morgan fingerprint density at radius 1 is 1.31 bits per heavy atom. The van der Waals surface area contributed by atoms with Crippen LogP contribution in [0.1, 0.15) is 54.0 Å². The third-order valence-electron chi connectivity index (χ3n) is 4.56. The van der Waals surface area contributed by atoms with E-state index in [9.17, 15) is 9.18 Å². The Balaban J connectivity index is 1.61. The van der Waals surface area contributed by atoms with Crippen LogP contribution in [0.25, 0.3) is 0 Å². The van der Waals surface area contributed by atoms with E-state index in [0.29, 0.717) is 0 Å². The SMILES string of the molecule is CCCn1c(C)cc(C(=O)CSc2nnc([C@H](C)Oc3ccccc3F)o2)c1C. The minimum Gasteiger partial charge on any atom is -0.478 e. The van der Waals surface area contributed by atoms with Gasteiger partial charge in [-0.25, -0.2) is 4.39 Å². The van der Waals surface area contributed by atoms with Crippen molar-refractivity contribution in [3.8, 4) is 5.75 Å². The lowest BCUT2D eigenvalue weighted by atomic mass is 10.2. The zero-order chi connectivity index (χ0) is 21.0. The van der Waals surface area contributed by atoms with Crippen molar-refractivity contribution in [3.05, 3.63) is 59.0 Å². The van der Waals surface area contributed by atoms with E-state index in [2.05, 4.69) is 21.7 Å². The monoisotopic (exact) mass is 417 g/mol. The van der Waals surface area contributed by atoms with Gasteiger partial charge in [0.1, 0.15) is 0 Å². The van der Waals surface area contributed by atoms with E-state index in [0.717, 1.165) is 29.9 Å². The number of halogens is 1. The number of hydrogen-bond acceptors (Lipinski definition) is 6. The first kappa shape index (κ1) is 21.1. The van der Waals surface area contributed by atoms with E-state index in [1.165, 1.54) is 23.9 Å². The molecule has 1 aromatic carbocycles. The van der Waals surface area contributed by atoms with Gasteiger partial charge < -0.3 is 13.7 Å². The van der Waals surface area contributed by atoms with Gasteiger partial charge in [0, 0.05) is 23.5 Å². The molecule has 0 saturated heterocycles. The van der Waals surface area contributed by atoms with Gasteiger partial charge in [-0.2, -0.15) is 0 Å². The lowest BCUT2D eigenvalue weighted by Gasteiger charge is -2.11. The van der Waals surface area contributed by atoms with E-state index >= 15 is 0 Å². The molecule has 0 aliphatic carbocycles. The summed E-state index contributed by atoms with van der Waals surface area (Å²) in [7, 11) is 0. The largest absolute Gasteiger partial charge is 0.478 e. The molecule has 0 radical (unpaired) electrons. The van der Waals surface area contributed by atoms with Crippen molar-refractivity contribution >= 4 is 17.5 Å². The predicted molar refractivity (Wildman–Crippen MR) is 109 cm³/mol. The van der Waals surface area contributed by atoms with Crippen LogP contribution in [-0.2, 0) is 6.54 Å². The number of carbonyl (C=O) groups is 1. The Kier molecular flexibility index (Phi) is 6.74. The molecule has 0 saturated carbocycles. The Hall–Kier alpha value is -2.61. The quantitative estimate of drug-likeness (QED) is 0.354. The van der Waals surface area contributed by atoms with Crippen LogP contribution in [0.4, 0.5) is 4.39 Å². The molecular weight excluding hydrogens is 393 g/mol. The number of para-hydroxylation sites is 1. The zero-order valence-electron chi connectivity index (χ0n) is 16.9. The van der Waals surface area contributed by atoms with Gasteiger partial charge in [-0.05, 0) is 45.4 Å². The maximum Gasteiger partial charge on any atom is 0.277 e. The van der Waals surface area contributed by atoms with E-state index in [1.54, 1.807) is 19.1 Å². The van der Waals surface area contributed by atoms with Crippen molar-refractivity contribution in [1.82, 2.24) is 14.8 Å². The van der Waals surface area contributed by atoms with Crippen molar-refractivity contribution < 1.29 is 18.3 Å². The summed E-state index contributed by atoms with van der Waals surface area (Å²) in [4.78, 5) is 12.6. The average molecular weight is 418 g/mol. The molecule has 0 spiro atoms. The molecule has 2 aromatic heterocycles. The predicted octanol–water partition coefficient (Wildman–Crippen LogP) is 5.15. The molecule has 0 aliphatic heterocycles. The summed E-state index contributed by atoms with van der Waals surface area (Å²) in [5.41, 5.74) is 2.78. The third kappa shape index (κ3) is 4.87. The average Bonchev–Trinajstić information content (AvgIpc) is 3.28. The van der Waals surface area contributed by atoms with Gasteiger partial charge >= 0.3 is 0 Å². The molecule has 0 aliphatic rings. The number of ketones is 1. The molecular formula is C21H24FN3O3S. The molecule has 8 heteroatoms. The summed E-state index contributed by atoms with van der Waals surface area (Å²) in [5, 5.41) is 8.19. The molecule has 29 heavy (non-hydrogen) atoms. The number of ether oxygens (including phenoxy) is 1. The first-order valence-corrected chi connectivity index (χ1v) is 10.5. The van der Waals surface area contributed by atoms with Crippen molar-refractivity contribution in [2.45, 2.75) is 52.0 Å². The highest BCUT2D eigenvalue weighted by Crippen LogP contribution is 2.26. The molecule has 154 valence electrons. The van der Waals surface area contributed by atoms with Crippen LogP contribution in [0.15, 0.2) is 40.0 Å². The number of thioether (sulfide) groups is 1. The Morgan fingerprint density at radius 2 is 2.07 bits per heavy atom. The van der Waals surface area contributed by atoms with Gasteiger partial charge in [0.05, 0.1) is 5.75 Å². The van der Waals surface area contributed by atoms with Crippen LogP contribution in [-0.4, -0.2) is 26.3 Å². The number of nitrogens with zero attached hydrogens (tertiary/aromatic N) is 3. The van der Waals surface area contributed by atoms with Gasteiger partial charge in [0.2, 0.25) is 0 Å². The maximum atomic E-state index is 13.7. The van der Waals surface area contributed by atoms with E-state index in [4.69, 9.17) is 9.15 Å². The smallest absolute Gasteiger partial charge is 0.277 e. The number of Topliss-reactive ketones (excluding diaryl/α,β-unsaturated/α-hetero) is 1.